The van der Waals surface area contributed by atoms with Crippen LogP contribution in [-0.2, 0) is 10.0 Å². The van der Waals surface area contributed by atoms with E-state index in [9.17, 15) is 18.5 Å². The highest BCUT2D eigenvalue weighted by atomic mass is 35.5. The smallest absolute Gasteiger partial charge is 0.272 e. The monoisotopic (exact) mass is 320 g/mol. The predicted molar refractivity (Wildman–Crippen MR) is 79.9 cm³/mol. The zero-order valence-electron chi connectivity index (χ0n) is 11.3. The molecule has 0 bridgehead atoms. The van der Waals surface area contributed by atoms with E-state index in [0.717, 1.165) is 0 Å². The molecule has 0 spiro atoms. The van der Waals surface area contributed by atoms with Crippen LogP contribution in [0.3, 0.4) is 0 Å². The number of benzene rings is 1. The first-order valence-corrected chi connectivity index (χ1v) is 8.27. The quantitative estimate of drug-likeness (QED) is 0.362. The van der Waals surface area contributed by atoms with Crippen LogP contribution >= 0.6 is 11.6 Å². The summed E-state index contributed by atoms with van der Waals surface area (Å²) in [5, 5.41) is 10.8. The van der Waals surface area contributed by atoms with Crippen molar-refractivity contribution in [2.45, 2.75) is 26.7 Å². The molecule has 0 unspecified atom stereocenters. The van der Waals surface area contributed by atoms with Gasteiger partial charge in [0.1, 0.15) is 0 Å². The summed E-state index contributed by atoms with van der Waals surface area (Å²) in [4.78, 5) is 10.3. The van der Waals surface area contributed by atoms with E-state index in [-0.39, 0.29) is 11.4 Å². The van der Waals surface area contributed by atoms with E-state index in [4.69, 9.17) is 11.6 Å². The van der Waals surface area contributed by atoms with Crippen molar-refractivity contribution >= 4 is 33.0 Å². The van der Waals surface area contributed by atoms with Gasteiger partial charge in [0.15, 0.2) is 0 Å². The Balaban J connectivity index is 2.93. The fraction of sp³-hybridized carbons (Fsp3) is 0.500. The van der Waals surface area contributed by atoms with E-state index >= 15 is 0 Å². The molecule has 0 aliphatic heterocycles. The van der Waals surface area contributed by atoms with Gasteiger partial charge in [-0.1, -0.05) is 0 Å². The molecule has 8 heteroatoms. The van der Waals surface area contributed by atoms with Crippen LogP contribution in [0, 0.1) is 24.0 Å². The summed E-state index contributed by atoms with van der Waals surface area (Å²) in [5.41, 5.74) is 1.29. The van der Waals surface area contributed by atoms with E-state index in [2.05, 4.69) is 4.72 Å². The molecule has 0 atom stereocenters. The largest absolute Gasteiger partial charge is 0.283 e. The maximum absolute atomic E-state index is 11.9. The number of nitrogens with one attached hydrogen (secondary N) is 1. The number of nitrogens with zero attached hydrogens (tertiary/aromatic N) is 1. The van der Waals surface area contributed by atoms with Crippen LogP contribution < -0.4 is 4.72 Å². The van der Waals surface area contributed by atoms with Gasteiger partial charge < -0.3 is 0 Å². The molecule has 1 N–H and O–H groups in total. The lowest BCUT2D eigenvalue weighted by molar-refractivity contribution is -0.385. The van der Waals surface area contributed by atoms with E-state index in [1.165, 1.54) is 12.1 Å². The second kappa shape index (κ2) is 6.90. The third-order valence-electron chi connectivity index (χ3n) is 2.80. The number of unbranched alkanes of at least 4 members (excludes halogenated alkanes) is 1. The van der Waals surface area contributed by atoms with Crippen molar-refractivity contribution in [1.82, 2.24) is 0 Å². The lowest BCUT2D eigenvalue weighted by Crippen LogP contribution is -2.17. The number of halogens is 1. The highest BCUT2D eigenvalue weighted by molar-refractivity contribution is 7.92. The Hall–Kier alpha value is -1.34. The molecule has 0 amide bonds. The molecule has 1 aromatic rings. The van der Waals surface area contributed by atoms with Gasteiger partial charge in [0.2, 0.25) is 10.0 Å². The average Bonchev–Trinajstić information content (AvgIpc) is 2.32. The minimum absolute atomic E-state index is 0.0187. The summed E-state index contributed by atoms with van der Waals surface area (Å²) in [6, 6.07) is 2.85. The third-order valence-corrected chi connectivity index (χ3v) is 4.43. The van der Waals surface area contributed by atoms with Gasteiger partial charge in [0, 0.05) is 17.5 Å². The molecular weight excluding hydrogens is 304 g/mol. The minimum Gasteiger partial charge on any atom is -0.283 e. The second-order valence-corrected chi connectivity index (χ2v) is 6.75. The van der Waals surface area contributed by atoms with Crippen LogP contribution in [0.1, 0.15) is 24.0 Å². The zero-order valence-corrected chi connectivity index (χ0v) is 12.9. The molecule has 0 aliphatic rings. The molecule has 0 saturated carbocycles. The van der Waals surface area contributed by atoms with Gasteiger partial charge in [-0.25, -0.2) is 8.42 Å². The molecule has 0 heterocycles. The third kappa shape index (κ3) is 4.64. The summed E-state index contributed by atoms with van der Waals surface area (Å²) < 4.78 is 26.2. The van der Waals surface area contributed by atoms with Crippen molar-refractivity contribution in [1.29, 1.82) is 0 Å². The second-order valence-electron chi connectivity index (χ2n) is 4.53. The maximum atomic E-state index is 11.9. The average molecular weight is 321 g/mol. The van der Waals surface area contributed by atoms with Gasteiger partial charge in [-0.15, -0.1) is 11.6 Å². The van der Waals surface area contributed by atoms with Gasteiger partial charge in [-0.05, 0) is 38.3 Å². The van der Waals surface area contributed by atoms with Gasteiger partial charge in [0.05, 0.1) is 16.4 Å². The molecule has 0 radical (unpaired) electrons. The topological polar surface area (TPSA) is 89.3 Å². The number of anilines is 1. The predicted octanol–water partition coefficient (Wildman–Crippen LogP) is 2.97. The highest BCUT2D eigenvalue weighted by Gasteiger charge is 2.16. The maximum Gasteiger partial charge on any atom is 0.272 e. The van der Waals surface area contributed by atoms with Crippen molar-refractivity contribution in [3.63, 3.8) is 0 Å². The fourth-order valence-electron chi connectivity index (χ4n) is 1.71. The molecule has 112 valence electrons. The summed E-state index contributed by atoms with van der Waals surface area (Å²) in [6.07, 6.45) is 1.10. The Morgan fingerprint density at radius 1 is 1.25 bits per heavy atom. The number of alkyl halides is 1. The van der Waals surface area contributed by atoms with Crippen molar-refractivity contribution in [2.24, 2.45) is 0 Å². The molecule has 0 fully saturated rings. The van der Waals surface area contributed by atoms with Gasteiger partial charge in [0.25, 0.3) is 5.69 Å². The number of nitro benzene ring substituents is 1. The standard InChI is InChI=1S/C12H17ClN2O4S/c1-9-8-12(15(16)17)10(2)7-11(9)14-20(18,19)6-4-3-5-13/h7-8,14H,3-6H2,1-2H3. The molecule has 0 saturated heterocycles. The van der Waals surface area contributed by atoms with Crippen molar-refractivity contribution < 1.29 is 13.3 Å². The zero-order chi connectivity index (χ0) is 15.3. The minimum atomic E-state index is -3.46. The van der Waals surface area contributed by atoms with E-state index in [0.29, 0.717) is 35.5 Å². The van der Waals surface area contributed by atoms with Gasteiger partial charge in [-0.2, -0.15) is 0 Å². The fourth-order valence-corrected chi connectivity index (χ4v) is 3.14. The Morgan fingerprint density at radius 2 is 1.90 bits per heavy atom. The highest BCUT2D eigenvalue weighted by Crippen LogP contribution is 2.26. The Bertz CT molecular complexity index is 602. The van der Waals surface area contributed by atoms with Crippen molar-refractivity contribution in [3.05, 3.63) is 33.4 Å². The van der Waals surface area contributed by atoms with Gasteiger partial charge in [-0.3, -0.25) is 14.8 Å². The van der Waals surface area contributed by atoms with E-state index in [1.54, 1.807) is 13.8 Å². The first-order valence-electron chi connectivity index (χ1n) is 6.09. The Kier molecular flexibility index (Phi) is 5.76. The van der Waals surface area contributed by atoms with Crippen LogP contribution in [0.25, 0.3) is 0 Å². The molecule has 1 rings (SSSR count). The Labute approximate surface area is 123 Å². The molecule has 6 nitrogen and oxygen atoms in total. The number of nitro groups is 1. The molecular formula is C12H17ClN2O4S. The molecule has 0 aromatic heterocycles. The van der Waals surface area contributed by atoms with Crippen LogP contribution in [0.4, 0.5) is 11.4 Å². The first-order chi connectivity index (χ1) is 9.26. The number of hydrogen-bond acceptors (Lipinski definition) is 4. The number of hydrogen-bond donors (Lipinski definition) is 1. The summed E-state index contributed by atoms with van der Waals surface area (Å²) >= 11 is 5.50. The summed E-state index contributed by atoms with van der Waals surface area (Å²) in [5.74, 6) is 0.403. The number of rotatable bonds is 7. The number of sulfonamides is 1. The lowest BCUT2D eigenvalue weighted by Gasteiger charge is -2.11. The van der Waals surface area contributed by atoms with Crippen molar-refractivity contribution in [3.8, 4) is 0 Å². The SMILES string of the molecule is Cc1cc([N+](=O)[O-])c(C)cc1NS(=O)(=O)CCCCCl. The summed E-state index contributed by atoms with van der Waals surface area (Å²) in [7, 11) is -3.46. The molecule has 20 heavy (non-hydrogen) atoms. The van der Waals surface area contributed by atoms with E-state index in [1.807, 2.05) is 0 Å². The number of aryl methyl sites for hydroxylation is 2. The summed E-state index contributed by atoms with van der Waals surface area (Å²) in [6.45, 7) is 3.20. The molecule has 0 aliphatic carbocycles. The van der Waals surface area contributed by atoms with Gasteiger partial charge >= 0.3 is 0 Å². The first kappa shape index (κ1) is 16.7. The molecule has 1 aromatic carbocycles. The van der Waals surface area contributed by atoms with Crippen LogP contribution in [-0.4, -0.2) is 25.0 Å². The van der Waals surface area contributed by atoms with Crippen LogP contribution in [0.5, 0.6) is 0 Å². The normalized spacial score (nSPS) is 11.3. The van der Waals surface area contributed by atoms with E-state index < -0.39 is 14.9 Å². The van der Waals surface area contributed by atoms with Crippen LogP contribution in [0.15, 0.2) is 12.1 Å². The van der Waals surface area contributed by atoms with Crippen molar-refractivity contribution in [2.75, 3.05) is 16.4 Å². The Morgan fingerprint density at radius 3 is 2.45 bits per heavy atom. The lowest BCUT2D eigenvalue weighted by atomic mass is 10.1. The van der Waals surface area contributed by atoms with Crippen LogP contribution in [0.2, 0.25) is 0 Å².